The van der Waals surface area contributed by atoms with E-state index in [1.54, 1.807) is 6.20 Å². The van der Waals surface area contributed by atoms with Crippen molar-refractivity contribution < 1.29 is 4.79 Å². The quantitative estimate of drug-likeness (QED) is 0.895. The van der Waals surface area contributed by atoms with Crippen molar-refractivity contribution in [3.05, 3.63) is 42.1 Å². The second-order valence-electron chi connectivity index (χ2n) is 5.18. The van der Waals surface area contributed by atoms with E-state index in [0.29, 0.717) is 13.0 Å². The highest BCUT2D eigenvalue weighted by Gasteiger charge is 2.25. The van der Waals surface area contributed by atoms with Crippen molar-refractivity contribution in [3.63, 3.8) is 0 Å². The Labute approximate surface area is 107 Å². The van der Waals surface area contributed by atoms with E-state index in [1.807, 2.05) is 44.2 Å². The van der Waals surface area contributed by atoms with Gasteiger partial charge in [-0.05, 0) is 17.7 Å². The third kappa shape index (κ3) is 2.41. The predicted octanol–water partition coefficient (Wildman–Crippen LogP) is 2.33. The Morgan fingerprint density at radius 2 is 2.00 bits per heavy atom. The minimum Gasteiger partial charge on any atom is -0.329 e. The maximum atomic E-state index is 12.2. The van der Waals surface area contributed by atoms with E-state index in [2.05, 4.69) is 4.98 Å². The Hall–Kier alpha value is -1.74. The molecule has 0 spiro atoms. The van der Waals surface area contributed by atoms with Gasteiger partial charge >= 0.3 is 0 Å². The summed E-state index contributed by atoms with van der Waals surface area (Å²) >= 11 is 0. The van der Waals surface area contributed by atoms with Crippen LogP contribution in [-0.2, 0) is 11.2 Å². The normalized spacial score (nSPS) is 11.7. The molecule has 94 valence electrons. The smallest absolute Gasteiger partial charge is 0.144 e. The average molecular weight is 242 g/mol. The highest BCUT2D eigenvalue weighted by atomic mass is 16.1. The highest BCUT2D eigenvalue weighted by Crippen LogP contribution is 2.21. The van der Waals surface area contributed by atoms with Crippen LogP contribution in [0.1, 0.15) is 19.4 Å². The summed E-state index contributed by atoms with van der Waals surface area (Å²) in [6, 6.07) is 9.78. The zero-order chi connectivity index (χ0) is 13.2. The van der Waals surface area contributed by atoms with Gasteiger partial charge in [-0.1, -0.05) is 32.0 Å². The number of hydrogen-bond acceptors (Lipinski definition) is 3. The number of nitrogens with zero attached hydrogens (tertiary/aromatic N) is 1. The van der Waals surface area contributed by atoms with Gasteiger partial charge in [-0.3, -0.25) is 9.78 Å². The summed E-state index contributed by atoms with van der Waals surface area (Å²) in [5.41, 5.74) is 7.12. The van der Waals surface area contributed by atoms with Gasteiger partial charge in [0, 0.05) is 30.0 Å². The lowest BCUT2D eigenvalue weighted by atomic mass is 9.84. The Morgan fingerprint density at radius 1 is 1.28 bits per heavy atom. The van der Waals surface area contributed by atoms with E-state index in [4.69, 9.17) is 5.73 Å². The number of rotatable bonds is 4. The van der Waals surface area contributed by atoms with E-state index in [0.717, 1.165) is 16.5 Å². The molecular formula is C15H18N2O. The van der Waals surface area contributed by atoms with Crippen molar-refractivity contribution in [2.75, 3.05) is 6.54 Å². The highest BCUT2D eigenvalue weighted by molar-refractivity contribution is 5.91. The van der Waals surface area contributed by atoms with E-state index in [1.165, 1.54) is 0 Å². The molecule has 0 aliphatic heterocycles. The van der Waals surface area contributed by atoms with Crippen LogP contribution in [0.5, 0.6) is 0 Å². The summed E-state index contributed by atoms with van der Waals surface area (Å²) in [5, 5.41) is 1.04. The number of aromatic nitrogens is 1. The molecule has 18 heavy (non-hydrogen) atoms. The van der Waals surface area contributed by atoms with Gasteiger partial charge in [-0.2, -0.15) is 0 Å². The van der Waals surface area contributed by atoms with Crippen molar-refractivity contribution in [2.24, 2.45) is 11.1 Å². The van der Waals surface area contributed by atoms with E-state index in [9.17, 15) is 4.79 Å². The molecular weight excluding hydrogens is 224 g/mol. The van der Waals surface area contributed by atoms with Gasteiger partial charge in [-0.25, -0.2) is 0 Å². The van der Waals surface area contributed by atoms with Gasteiger partial charge in [0.1, 0.15) is 5.78 Å². The fourth-order valence-electron chi connectivity index (χ4n) is 1.84. The first-order valence-electron chi connectivity index (χ1n) is 6.10. The Balaban J connectivity index is 2.36. The minimum atomic E-state index is -0.468. The van der Waals surface area contributed by atoms with Gasteiger partial charge in [-0.15, -0.1) is 0 Å². The number of carbonyl (C=O) groups is 1. The van der Waals surface area contributed by atoms with Crippen molar-refractivity contribution in [1.82, 2.24) is 4.98 Å². The predicted molar refractivity (Wildman–Crippen MR) is 73.3 cm³/mol. The van der Waals surface area contributed by atoms with E-state index >= 15 is 0 Å². The van der Waals surface area contributed by atoms with Gasteiger partial charge in [0.05, 0.1) is 5.52 Å². The first kappa shape index (κ1) is 12.7. The fraction of sp³-hybridized carbons (Fsp3) is 0.333. The van der Waals surface area contributed by atoms with Crippen molar-refractivity contribution in [3.8, 4) is 0 Å². The second kappa shape index (κ2) is 4.86. The summed E-state index contributed by atoms with van der Waals surface area (Å²) in [5.74, 6) is 0.168. The second-order valence-corrected chi connectivity index (χ2v) is 5.18. The molecule has 2 N–H and O–H groups in total. The zero-order valence-corrected chi connectivity index (χ0v) is 10.8. The van der Waals surface area contributed by atoms with Crippen molar-refractivity contribution in [1.29, 1.82) is 0 Å². The van der Waals surface area contributed by atoms with Crippen molar-refractivity contribution in [2.45, 2.75) is 20.3 Å². The summed E-state index contributed by atoms with van der Waals surface area (Å²) in [6.07, 6.45) is 2.16. The standard InChI is InChI=1S/C15H18N2O/c1-15(2,10-16)14(18)9-11-7-8-17-13-6-4-3-5-12(11)13/h3-8H,9-10,16H2,1-2H3. The lowest BCUT2D eigenvalue weighted by Crippen LogP contribution is -2.33. The van der Waals surface area contributed by atoms with Crippen LogP contribution in [0.15, 0.2) is 36.5 Å². The average Bonchev–Trinajstić information content (AvgIpc) is 2.39. The van der Waals surface area contributed by atoms with Crippen LogP contribution in [0.25, 0.3) is 10.9 Å². The largest absolute Gasteiger partial charge is 0.329 e. The number of ketones is 1. The molecule has 0 aliphatic carbocycles. The monoisotopic (exact) mass is 242 g/mol. The van der Waals surface area contributed by atoms with Crippen LogP contribution in [-0.4, -0.2) is 17.3 Å². The molecule has 0 atom stereocenters. The molecule has 0 bridgehead atoms. The maximum absolute atomic E-state index is 12.2. The molecule has 2 rings (SSSR count). The number of fused-ring (bicyclic) bond motifs is 1. The SMILES string of the molecule is CC(C)(CN)C(=O)Cc1ccnc2ccccc12. The molecule has 0 radical (unpaired) electrons. The van der Waals surface area contributed by atoms with Crippen LogP contribution in [0.3, 0.4) is 0 Å². The number of Topliss-reactive ketones (excluding diaryl/α,β-unsaturated/α-hetero) is 1. The summed E-state index contributed by atoms with van der Waals surface area (Å²) in [4.78, 5) is 16.5. The number of carbonyl (C=O) groups excluding carboxylic acids is 1. The third-order valence-corrected chi connectivity index (χ3v) is 3.36. The third-order valence-electron chi connectivity index (χ3n) is 3.36. The molecule has 3 heteroatoms. The first-order chi connectivity index (χ1) is 8.54. The summed E-state index contributed by atoms with van der Waals surface area (Å²) in [7, 11) is 0. The van der Waals surface area contributed by atoms with Crippen LogP contribution >= 0.6 is 0 Å². The molecule has 0 aliphatic rings. The minimum absolute atomic E-state index is 0.168. The van der Waals surface area contributed by atoms with Gasteiger partial charge in [0.15, 0.2) is 0 Å². The number of nitrogens with two attached hydrogens (primary N) is 1. The molecule has 3 nitrogen and oxygen atoms in total. The molecule has 0 amide bonds. The number of pyridine rings is 1. The molecule has 0 saturated heterocycles. The van der Waals surface area contributed by atoms with Gasteiger partial charge in [0.2, 0.25) is 0 Å². The number of hydrogen-bond donors (Lipinski definition) is 1. The zero-order valence-electron chi connectivity index (χ0n) is 10.8. The van der Waals surface area contributed by atoms with Crippen LogP contribution in [0, 0.1) is 5.41 Å². The Kier molecular flexibility index (Phi) is 3.43. The molecule has 0 saturated carbocycles. The topological polar surface area (TPSA) is 56.0 Å². The van der Waals surface area contributed by atoms with Crippen molar-refractivity contribution >= 4 is 16.7 Å². The first-order valence-corrected chi connectivity index (χ1v) is 6.10. The molecule has 1 heterocycles. The lowest BCUT2D eigenvalue weighted by molar-refractivity contribution is -0.125. The maximum Gasteiger partial charge on any atom is 0.144 e. The molecule has 2 aromatic rings. The fourth-order valence-corrected chi connectivity index (χ4v) is 1.84. The van der Waals surface area contributed by atoms with Gasteiger partial charge < -0.3 is 5.73 Å². The number of benzene rings is 1. The van der Waals surface area contributed by atoms with E-state index < -0.39 is 5.41 Å². The molecule has 1 aromatic heterocycles. The van der Waals surface area contributed by atoms with Crippen LogP contribution < -0.4 is 5.73 Å². The number of para-hydroxylation sites is 1. The Bertz CT molecular complexity index is 570. The molecule has 1 aromatic carbocycles. The Morgan fingerprint density at radius 3 is 2.72 bits per heavy atom. The van der Waals surface area contributed by atoms with Crippen LogP contribution in [0.4, 0.5) is 0 Å². The lowest BCUT2D eigenvalue weighted by Gasteiger charge is -2.20. The van der Waals surface area contributed by atoms with Gasteiger partial charge in [0.25, 0.3) is 0 Å². The summed E-state index contributed by atoms with van der Waals surface area (Å²) in [6.45, 7) is 4.15. The molecule has 0 unspecified atom stereocenters. The van der Waals surface area contributed by atoms with E-state index in [-0.39, 0.29) is 5.78 Å². The molecule has 0 fully saturated rings. The van der Waals surface area contributed by atoms with Crippen LogP contribution in [0.2, 0.25) is 0 Å². The summed E-state index contributed by atoms with van der Waals surface area (Å²) < 4.78 is 0.